The van der Waals surface area contributed by atoms with E-state index in [2.05, 4.69) is 15.8 Å². The molecule has 22 heavy (non-hydrogen) atoms. The number of hydrogen-bond acceptors (Lipinski definition) is 6. The summed E-state index contributed by atoms with van der Waals surface area (Å²) in [5.41, 5.74) is 3.35. The van der Waals surface area contributed by atoms with Gasteiger partial charge >= 0.3 is 0 Å². The number of phenols is 1. The number of aromatic hydroxyl groups is 1. The summed E-state index contributed by atoms with van der Waals surface area (Å²) in [6, 6.07) is 4.62. The standard InChI is InChI=1S/C13H17N3O4S2/c1-20-12-6-9(2-3-11(12)17)7-14-16-13(21)15-10-4-5-22(18,19)8-10/h2-3,6-7,10,17H,4-5,8H2,1H3,(H2,15,16,21). The first-order chi connectivity index (χ1) is 10.4. The molecule has 1 saturated heterocycles. The van der Waals surface area contributed by atoms with E-state index in [1.54, 1.807) is 12.1 Å². The van der Waals surface area contributed by atoms with Crippen LogP contribution in [0.3, 0.4) is 0 Å². The molecule has 7 nitrogen and oxygen atoms in total. The number of benzene rings is 1. The molecule has 0 aromatic heterocycles. The van der Waals surface area contributed by atoms with Crippen LogP contribution in [-0.2, 0) is 9.84 Å². The molecule has 1 aromatic carbocycles. The van der Waals surface area contributed by atoms with Crippen LogP contribution in [0.4, 0.5) is 0 Å². The van der Waals surface area contributed by atoms with Crippen LogP contribution in [-0.4, -0.2) is 49.5 Å². The van der Waals surface area contributed by atoms with E-state index in [0.29, 0.717) is 17.7 Å². The number of hydrazone groups is 1. The Balaban J connectivity index is 1.86. The second kappa shape index (κ2) is 6.93. The van der Waals surface area contributed by atoms with E-state index in [9.17, 15) is 13.5 Å². The Morgan fingerprint density at radius 2 is 2.32 bits per heavy atom. The molecule has 0 spiro atoms. The fourth-order valence-electron chi connectivity index (χ4n) is 2.07. The number of ether oxygens (including phenoxy) is 1. The van der Waals surface area contributed by atoms with Gasteiger partial charge in [-0.2, -0.15) is 5.10 Å². The maximum absolute atomic E-state index is 11.3. The van der Waals surface area contributed by atoms with Crippen molar-refractivity contribution in [1.82, 2.24) is 10.7 Å². The van der Waals surface area contributed by atoms with Crippen LogP contribution < -0.4 is 15.5 Å². The fraction of sp³-hybridized carbons (Fsp3) is 0.385. The molecular formula is C13H17N3O4S2. The van der Waals surface area contributed by atoms with Gasteiger partial charge in [0, 0.05) is 6.04 Å². The molecule has 120 valence electrons. The topological polar surface area (TPSA) is 100 Å². The molecule has 1 heterocycles. The van der Waals surface area contributed by atoms with Crippen LogP contribution in [0.15, 0.2) is 23.3 Å². The van der Waals surface area contributed by atoms with Gasteiger partial charge in [-0.1, -0.05) is 0 Å². The van der Waals surface area contributed by atoms with Crippen LogP contribution in [0, 0.1) is 0 Å². The van der Waals surface area contributed by atoms with Crippen LogP contribution in [0.5, 0.6) is 11.5 Å². The molecule has 0 amide bonds. The van der Waals surface area contributed by atoms with Gasteiger partial charge in [0.25, 0.3) is 0 Å². The first kappa shape index (κ1) is 16.5. The minimum atomic E-state index is -2.94. The first-order valence-electron chi connectivity index (χ1n) is 6.56. The Kier molecular flexibility index (Phi) is 5.19. The Hall–Kier alpha value is -1.87. The quantitative estimate of drug-likeness (QED) is 0.413. The monoisotopic (exact) mass is 343 g/mol. The molecule has 1 aromatic rings. The van der Waals surface area contributed by atoms with Crippen molar-refractivity contribution in [3.63, 3.8) is 0 Å². The zero-order valence-corrected chi connectivity index (χ0v) is 13.6. The fourth-order valence-corrected chi connectivity index (χ4v) is 3.96. The van der Waals surface area contributed by atoms with Gasteiger partial charge in [0.2, 0.25) is 0 Å². The molecule has 1 aliphatic rings. The van der Waals surface area contributed by atoms with Crippen LogP contribution >= 0.6 is 12.2 Å². The minimum absolute atomic E-state index is 0.0484. The summed E-state index contributed by atoms with van der Waals surface area (Å²) in [5, 5.41) is 16.6. The average Bonchev–Trinajstić information content (AvgIpc) is 2.79. The van der Waals surface area contributed by atoms with E-state index in [4.69, 9.17) is 17.0 Å². The van der Waals surface area contributed by atoms with Gasteiger partial charge in [-0.25, -0.2) is 8.42 Å². The minimum Gasteiger partial charge on any atom is -0.504 e. The lowest BCUT2D eigenvalue weighted by Gasteiger charge is -2.12. The molecule has 3 N–H and O–H groups in total. The molecule has 2 rings (SSSR count). The first-order valence-corrected chi connectivity index (χ1v) is 8.79. The predicted octanol–water partition coefficient (Wildman–Crippen LogP) is 0.386. The molecule has 0 saturated carbocycles. The Labute approximate surface area is 134 Å². The highest BCUT2D eigenvalue weighted by Crippen LogP contribution is 2.25. The van der Waals surface area contributed by atoms with Crippen molar-refractivity contribution in [2.24, 2.45) is 5.10 Å². The van der Waals surface area contributed by atoms with E-state index in [1.165, 1.54) is 19.4 Å². The van der Waals surface area contributed by atoms with Gasteiger partial charge in [-0.15, -0.1) is 0 Å². The Morgan fingerprint density at radius 3 is 2.95 bits per heavy atom. The lowest BCUT2D eigenvalue weighted by atomic mass is 10.2. The summed E-state index contributed by atoms with van der Waals surface area (Å²) in [6.07, 6.45) is 2.06. The maximum atomic E-state index is 11.3. The molecule has 1 aliphatic heterocycles. The number of hydrogen-bond donors (Lipinski definition) is 3. The van der Waals surface area contributed by atoms with Crippen molar-refractivity contribution < 1.29 is 18.3 Å². The highest BCUT2D eigenvalue weighted by molar-refractivity contribution is 7.91. The zero-order valence-electron chi connectivity index (χ0n) is 11.9. The molecule has 0 aliphatic carbocycles. The van der Waals surface area contributed by atoms with E-state index in [1.807, 2.05) is 0 Å². The van der Waals surface area contributed by atoms with Crippen molar-refractivity contribution in [2.45, 2.75) is 12.5 Å². The summed E-state index contributed by atoms with van der Waals surface area (Å²) in [5.74, 6) is 0.672. The summed E-state index contributed by atoms with van der Waals surface area (Å²) in [4.78, 5) is 0. The van der Waals surface area contributed by atoms with Crippen molar-refractivity contribution in [2.75, 3.05) is 18.6 Å². The van der Waals surface area contributed by atoms with Crippen LogP contribution in [0.2, 0.25) is 0 Å². The third-order valence-electron chi connectivity index (χ3n) is 3.15. The van der Waals surface area contributed by atoms with Gasteiger partial charge in [0.1, 0.15) is 0 Å². The molecule has 0 radical (unpaired) electrons. The SMILES string of the molecule is COc1cc(C=NNC(=S)NC2CCS(=O)(=O)C2)ccc1O. The third-order valence-corrected chi connectivity index (χ3v) is 5.13. The normalized spacial score (nSPS) is 20.0. The van der Waals surface area contributed by atoms with Crippen molar-refractivity contribution in [1.29, 1.82) is 0 Å². The summed E-state index contributed by atoms with van der Waals surface area (Å²) in [7, 11) is -1.48. The molecule has 1 unspecified atom stereocenters. The second-order valence-corrected chi connectivity index (χ2v) is 7.51. The number of thiocarbonyl (C=S) groups is 1. The summed E-state index contributed by atoms with van der Waals surface area (Å²) < 4.78 is 27.7. The van der Waals surface area contributed by atoms with E-state index in [-0.39, 0.29) is 28.4 Å². The lowest BCUT2D eigenvalue weighted by molar-refractivity contribution is 0.373. The number of rotatable bonds is 4. The van der Waals surface area contributed by atoms with E-state index in [0.717, 1.165) is 0 Å². The largest absolute Gasteiger partial charge is 0.504 e. The lowest BCUT2D eigenvalue weighted by Crippen LogP contribution is -2.40. The van der Waals surface area contributed by atoms with Crippen molar-refractivity contribution in [3.05, 3.63) is 23.8 Å². The van der Waals surface area contributed by atoms with Gasteiger partial charge in [-0.3, -0.25) is 5.43 Å². The van der Waals surface area contributed by atoms with Gasteiger partial charge in [0.05, 0.1) is 24.8 Å². The number of nitrogens with zero attached hydrogens (tertiary/aromatic N) is 1. The summed E-state index contributed by atoms with van der Waals surface area (Å²) >= 11 is 5.05. The zero-order chi connectivity index (χ0) is 16.2. The number of sulfone groups is 1. The van der Waals surface area contributed by atoms with Gasteiger partial charge < -0.3 is 15.2 Å². The molecule has 0 bridgehead atoms. The van der Waals surface area contributed by atoms with Crippen molar-refractivity contribution in [3.8, 4) is 11.5 Å². The van der Waals surface area contributed by atoms with E-state index < -0.39 is 9.84 Å². The molecule has 1 atom stereocenters. The van der Waals surface area contributed by atoms with Crippen molar-refractivity contribution >= 4 is 33.4 Å². The number of nitrogens with one attached hydrogen (secondary N) is 2. The highest BCUT2D eigenvalue weighted by Gasteiger charge is 2.28. The number of phenolic OH excluding ortho intramolecular Hbond substituents is 1. The Morgan fingerprint density at radius 1 is 1.55 bits per heavy atom. The van der Waals surface area contributed by atoms with Gasteiger partial charge in [-0.05, 0) is 42.4 Å². The molecular weight excluding hydrogens is 326 g/mol. The summed E-state index contributed by atoms with van der Waals surface area (Å²) in [6.45, 7) is 0. The van der Waals surface area contributed by atoms with Gasteiger partial charge in [0.15, 0.2) is 26.4 Å². The third kappa shape index (κ3) is 4.57. The van der Waals surface area contributed by atoms with Crippen LogP contribution in [0.1, 0.15) is 12.0 Å². The second-order valence-electron chi connectivity index (χ2n) is 4.87. The predicted molar refractivity (Wildman–Crippen MR) is 88.2 cm³/mol. The maximum Gasteiger partial charge on any atom is 0.187 e. The Bertz CT molecular complexity index is 689. The molecule has 9 heteroatoms. The van der Waals surface area contributed by atoms with Crippen LogP contribution in [0.25, 0.3) is 0 Å². The smallest absolute Gasteiger partial charge is 0.187 e. The average molecular weight is 343 g/mol. The number of methoxy groups -OCH3 is 1. The molecule has 1 fully saturated rings. The highest BCUT2D eigenvalue weighted by atomic mass is 32.2. The van der Waals surface area contributed by atoms with E-state index >= 15 is 0 Å².